The lowest BCUT2D eigenvalue weighted by Crippen LogP contribution is -2.22. The summed E-state index contributed by atoms with van der Waals surface area (Å²) in [6, 6.07) is 4.77. The van der Waals surface area contributed by atoms with Gasteiger partial charge in [0.1, 0.15) is 11.6 Å². The van der Waals surface area contributed by atoms with Gasteiger partial charge in [-0.15, -0.1) is 0 Å². The maximum atomic E-state index is 13.3. The van der Waals surface area contributed by atoms with Crippen LogP contribution < -0.4 is 10.1 Å². The quantitative estimate of drug-likeness (QED) is 0.911. The highest BCUT2D eigenvalue weighted by Crippen LogP contribution is 2.23. The molecule has 0 bridgehead atoms. The smallest absolute Gasteiger partial charge is 0.322 e. The molecule has 4 nitrogen and oxygen atoms in total. The van der Waals surface area contributed by atoms with Crippen LogP contribution in [0.4, 0.5) is 4.39 Å². The summed E-state index contributed by atoms with van der Waals surface area (Å²) in [4.78, 5) is 8.41. The third kappa shape index (κ3) is 4.37. The molecule has 1 aromatic heterocycles. The van der Waals surface area contributed by atoms with Gasteiger partial charge in [0, 0.05) is 36.1 Å². The lowest BCUT2D eigenvalue weighted by molar-refractivity contribution is 0.435. The molecule has 0 saturated heterocycles. The van der Waals surface area contributed by atoms with Crippen LogP contribution in [0.2, 0.25) is 5.02 Å². The van der Waals surface area contributed by atoms with E-state index in [9.17, 15) is 4.39 Å². The standard InChI is InChI=1S/C15H17ClFN3O/c1-9(2)18-7-11-8-19-15(20-10(11)3)21-12-4-5-13(16)14(17)6-12/h4-6,8-9,18H,7H2,1-3H3. The highest BCUT2D eigenvalue weighted by atomic mass is 35.5. The van der Waals surface area contributed by atoms with E-state index in [1.54, 1.807) is 12.3 Å². The topological polar surface area (TPSA) is 47.0 Å². The number of benzene rings is 1. The monoisotopic (exact) mass is 309 g/mol. The van der Waals surface area contributed by atoms with E-state index >= 15 is 0 Å². The normalized spacial score (nSPS) is 11.0. The Bertz CT molecular complexity index is 634. The molecule has 0 fully saturated rings. The number of nitrogens with one attached hydrogen (secondary N) is 1. The van der Waals surface area contributed by atoms with Crippen molar-refractivity contribution in [2.45, 2.75) is 33.4 Å². The van der Waals surface area contributed by atoms with Crippen LogP contribution in [0.5, 0.6) is 11.8 Å². The lowest BCUT2D eigenvalue weighted by atomic mass is 10.2. The number of halogens is 2. The molecule has 2 rings (SSSR count). The zero-order chi connectivity index (χ0) is 15.4. The molecule has 1 N–H and O–H groups in total. The molecule has 0 radical (unpaired) electrons. The summed E-state index contributed by atoms with van der Waals surface area (Å²) in [6.07, 6.45) is 1.71. The number of rotatable bonds is 5. The first-order valence-corrected chi connectivity index (χ1v) is 7.02. The average molecular weight is 310 g/mol. The van der Waals surface area contributed by atoms with E-state index in [1.807, 2.05) is 6.92 Å². The van der Waals surface area contributed by atoms with Crippen molar-refractivity contribution in [3.8, 4) is 11.8 Å². The van der Waals surface area contributed by atoms with Crippen molar-refractivity contribution in [1.29, 1.82) is 0 Å². The zero-order valence-corrected chi connectivity index (χ0v) is 12.9. The van der Waals surface area contributed by atoms with Crippen LogP contribution in [0.25, 0.3) is 0 Å². The molecule has 0 aliphatic carbocycles. The Morgan fingerprint density at radius 3 is 2.76 bits per heavy atom. The summed E-state index contributed by atoms with van der Waals surface area (Å²) in [7, 11) is 0. The van der Waals surface area contributed by atoms with Crippen molar-refractivity contribution in [3.05, 3.63) is 46.5 Å². The molecule has 6 heteroatoms. The number of hydrogen-bond donors (Lipinski definition) is 1. The van der Waals surface area contributed by atoms with Gasteiger partial charge in [-0.2, -0.15) is 4.98 Å². The largest absolute Gasteiger partial charge is 0.424 e. The van der Waals surface area contributed by atoms with Gasteiger partial charge >= 0.3 is 6.01 Å². The third-order valence-corrected chi connectivity index (χ3v) is 3.17. The minimum absolute atomic E-state index is 0.0505. The molecular formula is C15H17ClFN3O. The predicted octanol–water partition coefficient (Wildman–Crippen LogP) is 3.87. The van der Waals surface area contributed by atoms with Gasteiger partial charge in [0.05, 0.1) is 5.02 Å². The Morgan fingerprint density at radius 1 is 1.38 bits per heavy atom. The zero-order valence-electron chi connectivity index (χ0n) is 12.2. The van der Waals surface area contributed by atoms with Crippen molar-refractivity contribution >= 4 is 11.6 Å². The van der Waals surface area contributed by atoms with E-state index in [-0.39, 0.29) is 11.0 Å². The fraction of sp³-hybridized carbons (Fsp3) is 0.333. The predicted molar refractivity (Wildman–Crippen MR) is 80.2 cm³/mol. The summed E-state index contributed by atoms with van der Waals surface area (Å²) < 4.78 is 18.8. The molecule has 0 atom stereocenters. The highest BCUT2D eigenvalue weighted by molar-refractivity contribution is 6.30. The molecule has 0 aliphatic heterocycles. The van der Waals surface area contributed by atoms with E-state index in [0.29, 0.717) is 18.3 Å². The van der Waals surface area contributed by atoms with Gasteiger partial charge in [-0.1, -0.05) is 25.4 Å². The number of nitrogens with zero attached hydrogens (tertiary/aromatic N) is 2. The summed E-state index contributed by atoms with van der Waals surface area (Å²) in [5.74, 6) is -0.229. The minimum atomic E-state index is -0.538. The molecule has 1 heterocycles. The molecule has 0 amide bonds. The summed E-state index contributed by atoms with van der Waals surface area (Å²) in [6.45, 7) is 6.72. The van der Waals surface area contributed by atoms with Crippen LogP contribution in [-0.4, -0.2) is 16.0 Å². The summed E-state index contributed by atoms with van der Waals surface area (Å²) in [5, 5.41) is 3.35. The van der Waals surface area contributed by atoms with Crippen LogP contribution in [-0.2, 0) is 6.54 Å². The molecule has 0 unspecified atom stereocenters. The van der Waals surface area contributed by atoms with Gasteiger partial charge in [-0.25, -0.2) is 9.37 Å². The van der Waals surface area contributed by atoms with E-state index in [0.717, 1.165) is 11.3 Å². The number of aryl methyl sites for hydroxylation is 1. The second-order valence-electron chi connectivity index (χ2n) is 4.98. The van der Waals surface area contributed by atoms with Crippen molar-refractivity contribution < 1.29 is 9.13 Å². The molecule has 0 aliphatic rings. The fourth-order valence-corrected chi connectivity index (χ4v) is 1.77. The van der Waals surface area contributed by atoms with E-state index < -0.39 is 5.82 Å². The maximum Gasteiger partial charge on any atom is 0.322 e. The van der Waals surface area contributed by atoms with Crippen LogP contribution in [0.3, 0.4) is 0 Å². The summed E-state index contributed by atoms with van der Waals surface area (Å²) in [5.41, 5.74) is 1.82. The van der Waals surface area contributed by atoms with Crippen molar-refractivity contribution in [2.24, 2.45) is 0 Å². The first-order chi connectivity index (χ1) is 9.95. The van der Waals surface area contributed by atoms with E-state index in [2.05, 4.69) is 29.1 Å². The fourth-order valence-electron chi connectivity index (χ4n) is 1.65. The minimum Gasteiger partial charge on any atom is -0.424 e. The molecule has 2 aromatic rings. The highest BCUT2D eigenvalue weighted by Gasteiger charge is 2.08. The van der Waals surface area contributed by atoms with Crippen LogP contribution in [0, 0.1) is 12.7 Å². The van der Waals surface area contributed by atoms with Gasteiger partial charge in [-0.05, 0) is 19.1 Å². The Morgan fingerprint density at radius 2 is 2.14 bits per heavy atom. The first-order valence-electron chi connectivity index (χ1n) is 6.64. The SMILES string of the molecule is Cc1nc(Oc2ccc(Cl)c(F)c2)ncc1CNC(C)C. The second-order valence-corrected chi connectivity index (χ2v) is 5.38. The molecule has 0 spiro atoms. The van der Waals surface area contributed by atoms with Gasteiger partial charge < -0.3 is 10.1 Å². The van der Waals surface area contributed by atoms with E-state index in [1.165, 1.54) is 12.1 Å². The van der Waals surface area contributed by atoms with Crippen LogP contribution in [0.1, 0.15) is 25.1 Å². The number of hydrogen-bond acceptors (Lipinski definition) is 4. The van der Waals surface area contributed by atoms with Gasteiger partial charge in [-0.3, -0.25) is 0 Å². The number of aromatic nitrogens is 2. The molecule has 112 valence electrons. The van der Waals surface area contributed by atoms with Gasteiger partial charge in [0.25, 0.3) is 0 Å². The Kier molecular flexibility index (Phi) is 5.09. The van der Waals surface area contributed by atoms with Crippen molar-refractivity contribution in [3.63, 3.8) is 0 Å². The van der Waals surface area contributed by atoms with Crippen molar-refractivity contribution in [2.75, 3.05) is 0 Å². The Hall–Kier alpha value is -1.72. The van der Waals surface area contributed by atoms with Crippen LogP contribution in [0.15, 0.2) is 24.4 Å². The average Bonchev–Trinajstić information content (AvgIpc) is 2.42. The van der Waals surface area contributed by atoms with Crippen LogP contribution >= 0.6 is 11.6 Å². The molecular weight excluding hydrogens is 293 g/mol. The Balaban J connectivity index is 2.10. The van der Waals surface area contributed by atoms with Gasteiger partial charge in [0.15, 0.2) is 0 Å². The third-order valence-electron chi connectivity index (χ3n) is 2.86. The number of ether oxygens (including phenoxy) is 1. The summed E-state index contributed by atoms with van der Waals surface area (Å²) >= 11 is 5.62. The van der Waals surface area contributed by atoms with E-state index in [4.69, 9.17) is 16.3 Å². The molecule has 21 heavy (non-hydrogen) atoms. The van der Waals surface area contributed by atoms with Crippen molar-refractivity contribution in [1.82, 2.24) is 15.3 Å². The first kappa shape index (κ1) is 15.7. The molecule has 1 aromatic carbocycles. The maximum absolute atomic E-state index is 13.3. The molecule has 0 saturated carbocycles. The second kappa shape index (κ2) is 6.83. The lowest BCUT2D eigenvalue weighted by Gasteiger charge is -2.11. The van der Waals surface area contributed by atoms with Gasteiger partial charge in [0.2, 0.25) is 0 Å². The Labute approximate surface area is 128 Å².